The second kappa shape index (κ2) is 4.89. The second-order valence-corrected chi connectivity index (χ2v) is 3.78. The van der Waals surface area contributed by atoms with E-state index >= 15 is 0 Å². The second-order valence-electron chi connectivity index (χ2n) is 3.78. The molecule has 1 heterocycles. The predicted octanol–water partition coefficient (Wildman–Crippen LogP) is 2.07. The third kappa shape index (κ3) is 2.76. The average molecular weight is 264 g/mol. The normalized spacial score (nSPS) is 10.2. The van der Waals surface area contributed by atoms with Crippen LogP contribution in [0.3, 0.4) is 0 Å². The van der Waals surface area contributed by atoms with E-state index in [9.17, 15) is 14.0 Å². The number of halogens is 1. The smallest absolute Gasteiger partial charge is 0.338 e. The van der Waals surface area contributed by atoms with Gasteiger partial charge in [0.1, 0.15) is 11.6 Å². The van der Waals surface area contributed by atoms with E-state index in [1.54, 1.807) is 6.92 Å². The van der Waals surface area contributed by atoms with E-state index in [1.165, 1.54) is 12.1 Å². The molecule has 0 saturated carbocycles. The lowest BCUT2D eigenvalue weighted by molar-refractivity contribution is 0.0692. The minimum Gasteiger partial charge on any atom is -0.478 e. The number of carboxylic acid groups (broad SMARTS) is 1. The van der Waals surface area contributed by atoms with Crippen molar-refractivity contribution in [2.75, 3.05) is 5.32 Å². The molecule has 0 bridgehead atoms. The van der Waals surface area contributed by atoms with E-state index in [1.807, 2.05) is 0 Å². The lowest BCUT2D eigenvalue weighted by Crippen LogP contribution is -2.13. The van der Waals surface area contributed by atoms with Crippen LogP contribution in [0, 0.1) is 12.7 Å². The Morgan fingerprint density at radius 2 is 2.11 bits per heavy atom. The highest BCUT2D eigenvalue weighted by molar-refractivity contribution is 6.03. The SMILES string of the molecule is Cc1cc(C(=O)Nc2ccc(C(=O)O)c(F)c2)no1. The van der Waals surface area contributed by atoms with Crippen LogP contribution in [-0.4, -0.2) is 22.1 Å². The van der Waals surface area contributed by atoms with Crippen molar-refractivity contribution < 1.29 is 23.6 Å². The number of carbonyl (C=O) groups is 2. The maximum atomic E-state index is 13.4. The molecular formula is C12H9FN2O4. The summed E-state index contributed by atoms with van der Waals surface area (Å²) >= 11 is 0. The number of anilines is 1. The molecule has 0 unspecified atom stereocenters. The standard InChI is InChI=1S/C12H9FN2O4/c1-6-4-10(15-19-6)11(16)14-7-2-3-8(12(17)18)9(13)5-7/h2-5H,1H3,(H,14,16)(H,17,18). The quantitative estimate of drug-likeness (QED) is 0.885. The number of nitrogens with zero attached hydrogens (tertiary/aromatic N) is 1. The summed E-state index contributed by atoms with van der Waals surface area (Å²) in [6.45, 7) is 1.63. The molecule has 0 aliphatic rings. The lowest BCUT2D eigenvalue weighted by Gasteiger charge is -2.04. The van der Waals surface area contributed by atoms with Gasteiger partial charge in [-0.1, -0.05) is 5.16 Å². The highest BCUT2D eigenvalue weighted by Crippen LogP contribution is 2.15. The fourth-order valence-electron chi connectivity index (χ4n) is 1.43. The summed E-state index contributed by atoms with van der Waals surface area (Å²) in [4.78, 5) is 22.3. The topological polar surface area (TPSA) is 92.4 Å². The molecule has 2 rings (SSSR count). The van der Waals surface area contributed by atoms with Crippen molar-refractivity contribution in [2.24, 2.45) is 0 Å². The Labute approximate surface area is 106 Å². The molecule has 0 atom stereocenters. The van der Waals surface area contributed by atoms with Crippen molar-refractivity contribution in [1.82, 2.24) is 5.16 Å². The van der Waals surface area contributed by atoms with Crippen molar-refractivity contribution >= 4 is 17.6 Å². The van der Waals surface area contributed by atoms with Crippen LogP contribution in [0.25, 0.3) is 0 Å². The van der Waals surface area contributed by atoms with Gasteiger partial charge in [0.2, 0.25) is 0 Å². The molecule has 2 aromatic rings. The molecule has 6 nitrogen and oxygen atoms in total. The third-order valence-corrected chi connectivity index (χ3v) is 2.32. The van der Waals surface area contributed by atoms with Crippen LogP contribution in [0.15, 0.2) is 28.8 Å². The highest BCUT2D eigenvalue weighted by Gasteiger charge is 2.14. The van der Waals surface area contributed by atoms with E-state index in [-0.39, 0.29) is 11.4 Å². The van der Waals surface area contributed by atoms with Crippen molar-refractivity contribution in [3.8, 4) is 0 Å². The molecule has 98 valence electrons. The molecular weight excluding hydrogens is 255 g/mol. The van der Waals surface area contributed by atoms with Gasteiger partial charge in [-0.2, -0.15) is 0 Å². The Hall–Kier alpha value is -2.70. The van der Waals surface area contributed by atoms with E-state index in [2.05, 4.69) is 10.5 Å². The van der Waals surface area contributed by atoms with Crippen molar-refractivity contribution in [3.63, 3.8) is 0 Å². The number of hydrogen-bond donors (Lipinski definition) is 2. The minimum atomic E-state index is -1.37. The number of rotatable bonds is 3. The number of benzene rings is 1. The fourth-order valence-corrected chi connectivity index (χ4v) is 1.43. The average Bonchev–Trinajstić information content (AvgIpc) is 2.75. The highest BCUT2D eigenvalue weighted by atomic mass is 19.1. The fraction of sp³-hybridized carbons (Fsp3) is 0.0833. The van der Waals surface area contributed by atoms with Crippen LogP contribution in [0.2, 0.25) is 0 Å². The van der Waals surface area contributed by atoms with E-state index in [4.69, 9.17) is 9.63 Å². The molecule has 0 saturated heterocycles. The number of carboxylic acids is 1. The number of aromatic nitrogens is 1. The molecule has 7 heteroatoms. The molecule has 0 aliphatic heterocycles. The summed E-state index contributed by atoms with van der Waals surface area (Å²) in [5, 5.41) is 14.6. The molecule has 1 amide bonds. The summed E-state index contributed by atoms with van der Waals surface area (Å²) in [6, 6.07) is 4.71. The van der Waals surface area contributed by atoms with Gasteiger partial charge in [0.05, 0.1) is 5.56 Å². The number of hydrogen-bond acceptors (Lipinski definition) is 4. The van der Waals surface area contributed by atoms with Gasteiger partial charge in [-0.3, -0.25) is 4.79 Å². The number of aryl methyl sites for hydroxylation is 1. The van der Waals surface area contributed by atoms with Crippen LogP contribution in [0.4, 0.5) is 10.1 Å². The van der Waals surface area contributed by atoms with Crippen LogP contribution < -0.4 is 5.32 Å². The zero-order valence-corrected chi connectivity index (χ0v) is 9.81. The van der Waals surface area contributed by atoms with Crippen molar-refractivity contribution in [3.05, 3.63) is 47.1 Å². The van der Waals surface area contributed by atoms with Crippen molar-refractivity contribution in [1.29, 1.82) is 0 Å². The van der Waals surface area contributed by atoms with Crippen LogP contribution in [0.5, 0.6) is 0 Å². The first-order valence-electron chi connectivity index (χ1n) is 5.25. The zero-order valence-electron chi connectivity index (χ0n) is 9.81. The van der Waals surface area contributed by atoms with Crippen molar-refractivity contribution in [2.45, 2.75) is 6.92 Å². The summed E-state index contributed by atoms with van der Waals surface area (Å²) in [6.07, 6.45) is 0. The first-order valence-corrected chi connectivity index (χ1v) is 5.25. The molecule has 0 fully saturated rings. The van der Waals surface area contributed by atoms with Gasteiger partial charge in [-0.05, 0) is 25.1 Å². The Balaban J connectivity index is 2.18. The Bertz CT molecular complexity index is 651. The lowest BCUT2D eigenvalue weighted by atomic mass is 10.2. The first kappa shape index (κ1) is 12.7. The van der Waals surface area contributed by atoms with Gasteiger partial charge in [-0.25, -0.2) is 9.18 Å². The van der Waals surface area contributed by atoms with Gasteiger partial charge in [0, 0.05) is 11.8 Å². The summed E-state index contributed by atoms with van der Waals surface area (Å²) in [7, 11) is 0. The zero-order chi connectivity index (χ0) is 14.0. The van der Waals surface area contributed by atoms with E-state index < -0.39 is 23.3 Å². The summed E-state index contributed by atoms with van der Waals surface area (Å²) in [5.74, 6) is -2.40. The van der Waals surface area contributed by atoms with Gasteiger partial charge in [-0.15, -0.1) is 0 Å². The molecule has 0 radical (unpaired) electrons. The number of carbonyl (C=O) groups excluding carboxylic acids is 1. The van der Waals surface area contributed by atoms with Gasteiger partial charge < -0.3 is 14.9 Å². The molecule has 1 aromatic carbocycles. The van der Waals surface area contributed by atoms with Gasteiger partial charge in [0.25, 0.3) is 5.91 Å². The maximum Gasteiger partial charge on any atom is 0.338 e. The summed E-state index contributed by atoms with van der Waals surface area (Å²) in [5.41, 5.74) is -0.274. The number of aromatic carboxylic acids is 1. The Morgan fingerprint density at radius 1 is 1.37 bits per heavy atom. The Kier molecular flexibility index (Phi) is 3.28. The molecule has 2 N–H and O–H groups in total. The molecule has 1 aromatic heterocycles. The van der Waals surface area contributed by atoms with E-state index in [0.717, 1.165) is 12.1 Å². The molecule has 0 spiro atoms. The molecule has 19 heavy (non-hydrogen) atoms. The van der Waals surface area contributed by atoms with E-state index in [0.29, 0.717) is 5.76 Å². The van der Waals surface area contributed by atoms with Crippen LogP contribution in [-0.2, 0) is 0 Å². The van der Waals surface area contributed by atoms with Gasteiger partial charge in [0.15, 0.2) is 5.69 Å². The predicted molar refractivity (Wildman–Crippen MR) is 62.6 cm³/mol. The minimum absolute atomic E-state index is 0.0558. The largest absolute Gasteiger partial charge is 0.478 e. The van der Waals surface area contributed by atoms with Gasteiger partial charge >= 0.3 is 5.97 Å². The number of amides is 1. The third-order valence-electron chi connectivity index (χ3n) is 2.32. The summed E-state index contributed by atoms with van der Waals surface area (Å²) < 4.78 is 18.1. The van der Waals surface area contributed by atoms with Crippen LogP contribution >= 0.6 is 0 Å². The Morgan fingerprint density at radius 3 is 2.63 bits per heavy atom. The number of nitrogens with one attached hydrogen (secondary N) is 1. The maximum absolute atomic E-state index is 13.4. The molecule has 0 aliphatic carbocycles. The first-order chi connectivity index (χ1) is 8.97. The monoisotopic (exact) mass is 264 g/mol. The van der Waals surface area contributed by atoms with Crippen LogP contribution in [0.1, 0.15) is 26.6 Å².